The molecule has 0 aromatic heterocycles. The van der Waals surface area contributed by atoms with Gasteiger partial charge in [-0.05, 0) is 42.8 Å². The van der Waals surface area contributed by atoms with Crippen LogP contribution in [0, 0.1) is 0 Å². The summed E-state index contributed by atoms with van der Waals surface area (Å²) in [6, 6.07) is 14.7. The van der Waals surface area contributed by atoms with Crippen molar-refractivity contribution in [2.45, 2.75) is 26.7 Å². The Kier molecular flexibility index (Phi) is 7.67. The number of hydrogen-bond acceptors (Lipinski definition) is 4. The van der Waals surface area contributed by atoms with Gasteiger partial charge < -0.3 is 20.3 Å². The second-order valence-electron chi connectivity index (χ2n) is 6.26. The number of unbranched alkanes of at least 4 members (excludes halogenated alkanes) is 1. The van der Waals surface area contributed by atoms with Crippen LogP contribution in [0.2, 0.25) is 0 Å². The molecule has 0 atom stereocenters. The zero-order valence-electron chi connectivity index (χ0n) is 16.1. The lowest BCUT2D eigenvalue weighted by Gasteiger charge is -2.15. The standard InChI is InChI=1S/C21H27N3O3/c1-4-5-13-27-20-8-6-7-18(14-20)23-21(26)15-22-17-9-11-19(12-10-17)24(3)16(2)25/h6-12,14,22H,4-5,13,15H2,1-3H3,(H,23,26). The third kappa shape index (κ3) is 6.66. The van der Waals surface area contributed by atoms with Gasteiger partial charge in [0.1, 0.15) is 5.75 Å². The van der Waals surface area contributed by atoms with Crippen molar-refractivity contribution < 1.29 is 14.3 Å². The van der Waals surface area contributed by atoms with Crippen molar-refractivity contribution in [3.05, 3.63) is 48.5 Å². The third-order valence-electron chi connectivity index (χ3n) is 4.06. The number of benzene rings is 2. The molecule has 2 amide bonds. The summed E-state index contributed by atoms with van der Waals surface area (Å²) >= 11 is 0. The minimum absolute atomic E-state index is 0.0315. The fourth-order valence-corrected chi connectivity index (χ4v) is 2.37. The van der Waals surface area contributed by atoms with E-state index in [9.17, 15) is 9.59 Å². The molecule has 0 bridgehead atoms. The normalized spacial score (nSPS) is 10.2. The van der Waals surface area contributed by atoms with Crippen LogP contribution in [-0.2, 0) is 9.59 Å². The Balaban J connectivity index is 1.84. The summed E-state index contributed by atoms with van der Waals surface area (Å²) < 4.78 is 5.65. The number of carbonyl (C=O) groups is 2. The fourth-order valence-electron chi connectivity index (χ4n) is 2.37. The zero-order valence-corrected chi connectivity index (χ0v) is 16.1. The Morgan fingerprint density at radius 3 is 2.48 bits per heavy atom. The summed E-state index contributed by atoms with van der Waals surface area (Å²) in [5, 5.41) is 5.92. The molecular formula is C21H27N3O3. The molecule has 0 aliphatic rings. The number of ether oxygens (including phenoxy) is 1. The molecule has 0 aliphatic heterocycles. The van der Waals surface area contributed by atoms with Gasteiger partial charge in [0.15, 0.2) is 0 Å². The molecule has 2 aromatic carbocycles. The lowest BCUT2D eigenvalue weighted by molar-refractivity contribution is -0.116. The summed E-state index contributed by atoms with van der Waals surface area (Å²) in [7, 11) is 1.72. The molecule has 0 saturated heterocycles. The Bertz CT molecular complexity index is 760. The highest BCUT2D eigenvalue weighted by molar-refractivity contribution is 5.94. The van der Waals surface area contributed by atoms with Crippen LogP contribution >= 0.6 is 0 Å². The molecule has 0 unspecified atom stereocenters. The number of amides is 2. The van der Waals surface area contributed by atoms with E-state index in [1.54, 1.807) is 11.9 Å². The molecule has 0 heterocycles. The summed E-state index contributed by atoms with van der Waals surface area (Å²) in [4.78, 5) is 25.1. The number of anilines is 3. The van der Waals surface area contributed by atoms with Crippen LogP contribution in [-0.4, -0.2) is 32.0 Å². The summed E-state index contributed by atoms with van der Waals surface area (Å²) in [5.41, 5.74) is 2.31. The predicted molar refractivity (Wildman–Crippen MR) is 109 cm³/mol. The lowest BCUT2D eigenvalue weighted by atomic mass is 10.2. The summed E-state index contributed by atoms with van der Waals surface area (Å²) in [6.07, 6.45) is 2.08. The Morgan fingerprint density at radius 2 is 1.81 bits per heavy atom. The van der Waals surface area contributed by atoms with E-state index in [0.29, 0.717) is 12.3 Å². The number of rotatable bonds is 9. The van der Waals surface area contributed by atoms with Gasteiger partial charge in [0.05, 0.1) is 13.2 Å². The molecule has 2 aromatic rings. The zero-order chi connectivity index (χ0) is 19.6. The molecule has 6 heteroatoms. The van der Waals surface area contributed by atoms with Gasteiger partial charge in [-0.25, -0.2) is 0 Å². The van der Waals surface area contributed by atoms with Crippen LogP contribution in [0.4, 0.5) is 17.1 Å². The van der Waals surface area contributed by atoms with Crippen molar-refractivity contribution in [2.75, 3.05) is 35.7 Å². The van der Waals surface area contributed by atoms with Crippen molar-refractivity contribution >= 4 is 28.9 Å². The van der Waals surface area contributed by atoms with E-state index in [1.165, 1.54) is 6.92 Å². The van der Waals surface area contributed by atoms with E-state index < -0.39 is 0 Å². The molecule has 2 N–H and O–H groups in total. The minimum atomic E-state index is -0.148. The van der Waals surface area contributed by atoms with Gasteiger partial charge in [-0.1, -0.05) is 19.4 Å². The third-order valence-corrected chi connectivity index (χ3v) is 4.06. The SMILES string of the molecule is CCCCOc1cccc(NC(=O)CNc2ccc(N(C)C(C)=O)cc2)c1. The van der Waals surface area contributed by atoms with Crippen molar-refractivity contribution in [3.8, 4) is 5.75 Å². The second kappa shape index (κ2) is 10.2. The van der Waals surface area contributed by atoms with Crippen molar-refractivity contribution in [1.82, 2.24) is 0 Å². The van der Waals surface area contributed by atoms with Crippen molar-refractivity contribution in [3.63, 3.8) is 0 Å². The van der Waals surface area contributed by atoms with Gasteiger partial charge in [0, 0.05) is 37.1 Å². The van der Waals surface area contributed by atoms with Gasteiger partial charge in [0.25, 0.3) is 0 Å². The lowest BCUT2D eigenvalue weighted by Crippen LogP contribution is -2.23. The maximum absolute atomic E-state index is 12.2. The highest BCUT2D eigenvalue weighted by Gasteiger charge is 2.06. The summed E-state index contributed by atoms with van der Waals surface area (Å²) in [6.45, 7) is 4.44. The highest BCUT2D eigenvalue weighted by atomic mass is 16.5. The average molecular weight is 369 g/mol. The Labute approximate surface area is 160 Å². The predicted octanol–water partition coefficient (Wildman–Crippen LogP) is 3.90. The number of hydrogen-bond donors (Lipinski definition) is 2. The first-order chi connectivity index (χ1) is 13.0. The van der Waals surface area contributed by atoms with E-state index in [4.69, 9.17) is 4.74 Å². The fraction of sp³-hybridized carbons (Fsp3) is 0.333. The van der Waals surface area contributed by atoms with Crippen molar-refractivity contribution in [1.29, 1.82) is 0 Å². The Morgan fingerprint density at radius 1 is 1.07 bits per heavy atom. The highest BCUT2D eigenvalue weighted by Crippen LogP contribution is 2.19. The number of nitrogens with zero attached hydrogens (tertiary/aromatic N) is 1. The Hall–Kier alpha value is -3.02. The molecule has 144 valence electrons. The van der Waals surface area contributed by atoms with Crippen LogP contribution in [0.1, 0.15) is 26.7 Å². The first-order valence-corrected chi connectivity index (χ1v) is 9.10. The smallest absolute Gasteiger partial charge is 0.243 e. The number of nitrogens with one attached hydrogen (secondary N) is 2. The van der Waals surface area contributed by atoms with Gasteiger partial charge >= 0.3 is 0 Å². The minimum Gasteiger partial charge on any atom is -0.494 e. The van der Waals surface area contributed by atoms with E-state index in [1.807, 2.05) is 48.5 Å². The molecule has 2 rings (SSSR count). The van der Waals surface area contributed by atoms with Crippen LogP contribution in [0.5, 0.6) is 5.75 Å². The molecule has 0 aliphatic carbocycles. The summed E-state index contributed by atoms with van der Waals surface area (Å²) in [5.74, 6) is 0.570. The van der Waals surface area contributed by atoms with Crippen LogP contribution in [0.3, 0.4) is 0 Å². The largest absolute Gasteiger partial charge is 0.494 e. The molecule has 6 nitrogen and oxygen atoms in total. The van der Waals surface area contributed by atoms with E-state index >= 15 is 0 Å². The number of carbonyl (C=O) groups excluding carboxylic acids is 2. The maximum atomic E-state index is 12.2. The molecule has 0 saturated carbocycles. The topological polar surface area (TPSA) is 70.7 Å². The quantitative estimate of drug-likeness (QED) is 0.658. The molecule has 0 radical (unpaired) electrons. The average Bonchev–Trinajstić information content (AvgIpc) is 2.66. The van der Waals surface area contributed by atoms with Gasteiger partial charge in [-0.15, -0.1) is 0 Å². The monoisotopic (exact) mass is 369 g/mol. The van der Waals surface area contributed by atoms with Crippen LogP contribution in [0.15, 0.2) is 48.5 Å². The van der Waals surface area contributed by atoms with Crippen LogP contribution in [0.25, 0.3) is 0 Å². The first-order valence-electron chi connectivity index (χ1n) is 9.10. The molecular weight excluding hydrogens is 342 g/mol. The maximum Gasteiger partial charge on any atom is 0.243 e. The van der Waals surface area contributed by atoms with E-state index in [0.717, 1.165) is 30.0 Å². The molecule has 0 spiro atoms. The molecule has 0 fully saturated rings. The first kappa shape index (κ1) is 20.3. The van der Waals surface area contributed by atoms with Crippen molar-refractivity contribution in [2.24, 2.45) is 0 Å². The van der Waals surface area contributed by atoms with E-state index in [-0.39, 0.29) is 18.4 Å². The van der Waals surface area contributed by atoms with E-state index in [2.05, 4.69) is 17.6 Å². The van der Waals surface area contributed by atoms with Gasteiger partial charge in [-0.3, -0.25) is 9.59 Å². The van der Waals surface area contributed by atoms with Gasteiger partial charge in [-0.2, -0.15) is 0 Å². The van der Waals surface area contributed by atoms with Crippen LogP contribution < -0.4 is 20.3 Å². The molecule has 27 heavy (non-hydrogen) atoms. The van der Waals surface area contributed by atoms with Gasteiger partial charge in [0.2, 0.25) is 11.8 Å². The second-order valence-corrected chi connectivity index (χ2v) is 6.26.